The zero-order chi connectivity index (χ0) is 25.9. The van der Waals surface area contributed by atoms with Crippen molar-refractivity contribution in [2.45, 2.75) is 31.7 Å². The monoisotopic (exact) mass is 528 g/mol. The van der Waals surface area contributed by atoms with Crippen LogP contribution in [0.5, 0.6) is 5.75 Å². The average molecular weight is 529 g/mol. The fraction of sp³-hybridized carbons (Fsp3) is 0.286. The summed E-state index contributed by atoms with van der Waals surface area (Å²) in [5, 5.41) is 3.20. The highest BCUT2D eigenvalue weighted by Gasteiger charge is 2.30. The number of hydrogen-bond donors (Lipinski definition) is 1. The molecular weight excluding hydrogens is 499 g/mol. The van der Waals surface area contributed by atoms with E-state index in [2.05, 4.69) is 5.32 Å². The van der Waals surface area contributed by atoms with Gasteiger partial charge in [-0.05, 0) is 42.3 Å². The van der Waals surface area contributed by atoms with Gasteiger partial charge < -0.3 is 15.0 Å². The molecule has 5 nitrogen and oxygen atoms in total. The van der Waals surface area contributed by atoms with Crippen molar-refractivity contribution in [2.75, 3.05) is 19.4 Å². The summed E-state index contributed by atoms with van der Waals surface area (Å²) < 4.78 is 19.5. The molecular formula is C28H30ClFN2O3S. The van der Waals surface area contributed by atoms with Gasteiger partial charge in [-0.25, -0.2) is 4.39 Å². The molecule has 0 heterocycles. The predicted octanol–water partition coefficient (Wildman–Crippen LogP) is 5.50. The first-order valence-corrected chi connectivity index (χ1v) is 13.2. The number of thioether (sulfide) groups is 1. The molecule has 1 atom stereocenters. The van der Waals surface area contributed by atoms with Crippen molar-refractivity contribution in [3.8, 4) is 5.75 Å². The number of nitrogens with one attached hydrogen (secondary N) is 1. The Balaban J connectivity index is 1.86. The highest BCUT2D eigenvalue weighted by Crippen LogP contribution is 2.25. The van der Waals surface area contributed by atoms with Gasteiger partial charge in [0.25, 0.3) is 0 Å². The minimum atomic E-state index is -0.719. The van der Waals surface area contributed by atoms with Gasteiger partial charge in [0.2, 0.25) is 11.8 Å². The standard InChI is InChI=1S/C28H30ClFN2O3S/c1-3-31-28(34)26(16-20-9-5-4-6-10-20)32(17-21-11-7-12-22(15-21)35-2)27(33)19-36-18-23-24(29)13-8-14-25(23)30/h4-15,26H,3,16-19H2,1-2H3,(H,31,34)/t26-/m1/s1. The molecule has 0 unspecified atom stereocenters. The van der Waals surface area contributed by atoms with E-state index in [9.17, 15) is 14.0 Å². The van der Waals surface area contributed by atoms with Gasteiger partial charge in [-0.2, -0.15) is 0 Å². The largest absolute Gasteiger partial charge is 0.497 e. The molecule has 0 fully saturated rings. The first kappa shape index (κ1) is 27.6. The number of likely N-dealkylation sites (N-methyl/N-ethyl adjacent to an activating group) is 1. The van der Waals surface area contributed by atoms with E-state index in [4.69, 9.17) is 16.3 Å². The molecule has 0 aliphatic rings. The Labute approximate surface area is 221 Å². The number of halogens is 2. The number of hydrogen-bond acceptors (Lipinski definition) is 4. The fourth-order valence-electron chi connectivity index (χ4n) is 3.81. The highest BCUT2D eigenvalue weighted by molar-refractivity contribution is 7.99. The van der Waals surface area contributed by atoms with Gasteiger partial charge in [-0.1, -0.05) is 60.1 Å². The Bertz CT molecular complexity index is 1140. The smallest absolute Gasteiger partial charge is 0.243 e. The molecule has 3 aromatic rings. The van der Waals surface area contributed by atoms with Gasteiger partial charge >= 0.3 is 0 Å². The summed E-state index contributed by atoms with van der Waals surface area (Å²) in [6.07, 6.45) is 0.367. The topological polar surface area (TPSA) is 58.6 Å². The van der Waals surface area contributed by atoms with Crippen LogP contribution in [0.2, 0.25) is 5.02 Å². The molecule has 0 spiro atoms. The predicted molar refractivity (Wildman–Crippen MR) is 144 cm³/mol. The molecule has 190 valence electrons. The number of carbonyl (C=O) groups excluding carboxylic acids is 2. The summed E-state index contributed by atoms with van der Waals surface area (Å²) in [6.45, 7) is 2.53. The molecule has 0 saturated heterocycles. The van der Waals surface area contributed by atoms with Crippen LogP contribution >= 0.6 is 23.4 Å². The minimum absolute atomic E-state index is 0.0688. The van der Waals surface area contributed by atoms with Crippen molar-refractivity contribution >= 4 is 35.2 Å². The Morgan fingerprint density at radius 1 is 1.06 bits per heavy atom. The lowest BCUT2D eigenvalue weighted by Gasteiger charge is -2.31. The maximum Gasteiger partial charge on any atom is 0.243 e. The summed E-state index contributed by atoms with van der Waals surface area (Å²) in [5.41, 5.74) is 2.15. The van der Waals surface area contributed by atoms with E-state index in [0.717, 1.165) is 11.1 Å². The lowest BCUT2D eigenvalue weighted by Crippen LogP contribution is -2.51. The quantitative estimate of drug-likeness (QED) is 0.337. The molecule has 3 aromatic carbocycles. The molecule has 0 bridgehead atoms. The van der Waals surface area contributed by atoms with E-state index in [1.165, 1.54) is 17.8 Å². The third kappa shape index (κ3) is 7.73. The molecule has 0 radical (unpaired) electrons. The van der Waals surface area contributed by atoms with Crippen LogP contribution < -0.4 is 10.1 Å². The summed E-state index contributed by atoms with van der Waals surface area (Å²) in [6, 6.07) is 20.8. The lowest BCUT2D eigenvalue weighted by molar-refractivity contribution is -0.139. The van der Waals surface area contributed by atoms with Gasteiger partial charge in [0.15, 0.2) is 0 Å². The SMILES string of the molecule is CCNC(=O)[C@@H](Cc1ccccc1)N(Cc1cccc(OC)c1)C(=O)CSCc1c(F)cccc1Cl. The van der Waals surface area contributed by atoms with E-state index >= 15 is 0 Å². The molecule has 0 aliphatic carbocycles. The number of amides is 2. The van der Waals surface area contributed by atoms with E-state index in [1.54, 1.807) is 24.1 Å². The van der Waals surface area contributed by atoms with Gasteiger partial charge in [-0.3, -0.25) is 9.59 Å². The summed E-state index contributed by atoms with van der Waals surface area (Å²) in [5.74, 6) is 0.136. The number of rotatable bonds is 12. The molecule has 36 heavy (non-hydrogen) atoms. The lowest BCUT2D eigenvalue weighted by atomic mass is 10.0. The Morgan fingerprint density at radius 3 is 2.47 bits per heavy atom. The highest BCUT2D eigenvalue weighted by atomic mass is 35.5. The Kier molecular flexibility index (Phi) is 10.6. The minimum Gasteiger partial charge on any atom is -0.497 e. The van der Waals surface area contributed by atoms with Crippen LogP contribution in [0.1, 0.15) is 23.6 Å². The first-order valence-electron chi connectivity index (χ1n) is 11.7. The van der Waals surface area contributed by atoms with Crippen molar-refractivity contribution in [1.29, 1.82) is 0 Å². The summed E-state index contributed by atoms with van der Waals surface area (Å²) in [4.78, 5) is 28.4. The second-order valence-corrected chi connectivity index (χ2v) is 9.56. The van der Waals surface area contributed by atoms with Crippen molar-refractivity contribution in [1.82, 2.24) is 10.2 Å². The average Bonchev–Trinajstić information content (AvgIpc) is 2.88. The zero-order valence-corrected chi connectivity index (χ0v) is 21.9. The van der Waals surface area contributed by atoms with Crippen LogP contribution in [0, 0.1) is 5.82 Å². The maximum atomic E-state index is 14.2. The number of carbonyl (C=O) groups is 2. The van der Waals surface area contributed by atoms with Crippen LogP contribution in [-0.4, -0.2) is 42.2 Å². The maximum absolute atomic E-state index is 14.2. The summed E-state index contributed by atoms with van der Waals surface area (Å²) >= 11 is 7.41. The molecule has 8 heteroatoms. The van der Waals surface area contributed by atoms with Gasteiger partial charge in [0, 0.05) is 35.8 Å². The van der Waals surface area contributed by atoms with Crippen molar-refractivity contribution in [3.05, 3.63) is 100 Å². The normalized spacial score (nSPS) is 11.6. The molecule has 0 aromatic heterocycles. The van der Waals surface area contributed by atoms with E-state index in [0.29, 0.717) is 29.3 Å². The molecule has 1 N–H and O–H groups in total. The van der Waals surface area contributed by atoms with Gasteiger partial charge in [-0.15, -0.1) is 11.8 Å². The second kappa shape index (κ2) is 13.9. The molecule has 3 rings (SSSR count). The van der Waals surface area contributed by atoms with Crippen LogP contribution in [0.15, 0.2) is 72.8 Å². The molecule has 0 saturated carbocycles. The number of methoxy groups -OCH3 is 1. The Morgan fingerprint density at radius 2 is 1.78 bits per heavy atom. The van der Waals surface area contributed by atoms with E-state index in [1.807, 2.05) is 61.5 Å². The van der Waals surface area contributed by atoms with E-state index < -0.39 is 11.9 Å². The van der Waals surface area contributed by atoms with Crippen LogP contribution in [0.4, 0.5) is 4.39 Å². The fourth-order valence-corrected chi connectivity index (χ4v) is 5.06. The zero-order valence-electron chi connectivity index (χ0n) is 20.4. The second-order valence-electron chi connectivity index (χ2n) is 8.17. The van der Waals surface area contributed by atoms with Crippen LogP contribution in [0.3, 0.4) is 0 Å². The third-order valence-electron chi connectivity index (χ3n) is 5.64. The van der Waals surface area contributed by atoms with Crippen molar-refractivity contribution in [2.24, 2.45) is 0 Å². The number of benzene rings is 3. The first-order chi connectivity index (χ1) is 17.4. The van der Waals surface area contributed by atoms with Gasteiger partial charge in [0.05, 0.1) is 12.9 Å². The summed E-state index contributed by atoms with van der Waals surface area (Å²) in [7, 11) is 1.58. The van der Waals surface area contributed by atoms with Crippen LogP contribution in [0.25, 0.3) is 0 Å². The van der Waals surface area contributed by atoms with Crippen LogP contribution in [-0.2, 0) is 28.3 Å². The van der Waals surface area contributed by atoms with Crippen molar-refractivity contribution < 1.29 is 18.7 Å². The van der Waals surface area contributed by atoms with Gasteiger partial charge in [0.1, 0.15) is 17.6 Å². The van der Waals surface area contributed by atoms with E-state index in [-0.39, 0.29) is 29.9 Å². The third-order valence-corrected chi connectivity index (χ3v) is 6.94. The van der Waals surface area contributed by atoms with Crippen molar-refractivity contribution in [3.63, 3.8) is 0 Å². The Hall–Kier alpha value is -3.03. The number of ether oxygens (including phenoxy) is 1. The molecule has 0 aliphatic heterocycles. The number of nitrogens with zero attached hydrogens (tertiary/aromatic N) is 1. The molecule has 2 amide bonds.